The van der Waals surface area contributed by atoms with Crippen molar-refractivity contribution in [1.29, 1.82) is 5.26 Å². The van der Waals surface area contributed by atoms with Crippen molar-refractivity contribution in [1.82, 2.24) is 4.98 Å². The van der Waals surface area contributed by atoms with E-state index < -0.39 is 12.3 Å². The minimum Gasteiger partial charge on any atom is -0.435 e. The zero-order valence-corrected chi connectivity index (χ0v) is 6.87. The lowest BCUT2D eigenvalue weighted by molar-refractivity contribution is 0.117. The molecule has 2 rings (SSSR count). The van der Waals surface area contributed by atoms with Crippen LogP contribution in [0.3, 0.4) is 0 Å². The molecule has 0 atom stereocenters. The topological polar surface area (TPSA) is 49.8 Å². The molecule has 0 spiro atoms. The number of aromatic nitrogens is 1. The molecule has 0 unspecified atom stereocenters. The van der Waals surface area contributed by atoms with E-state index in [2.05, 4.69) is 4.98 Å². The first-order chi connectivity index (χ1) is 6.70. The van der Waals surface area contributed by atoms with Gasteiger partial charge in [-0.3, -0.25) is 0 Å². The predicted molar refractivity (Wildman–Crippen MR) is 43.7 cm³/mol. The van der Waals surface area contributed by atoms with Gasteiger partial charge in [0.1, 0.15) is 5.52 Å². The smallest absolute Gasteiger partial charge is 0.313 e. The number of halogens is 2. The van der Waals surface area contributed by atoms with Gasteiger partial charge in [-0.15, -0.1) is 0 Å². The molecule has 0 aliphatic rings. The molecule has 1 aromatic heterocycles. The molecular formula is C9H4F2N2O. The Morgan fingerprint density at radius 2 is 2.21 bits per heavy atom. The van der Waals surface area contributed by atoms with Crippen LogP contribution in [-0.4, -0.2) is 4.98 Å². The van der Waals surface area contributed by atoms with Gasteiger partial charge in [-0.2, -0.15) is 14.0 Å². The summed E-state index contributed by atoms with van der Waals surface area (Å²) in [5.41, 5.74) is 0.908. The number of fused-ring (bicyclic) bond motifs is 1. The Morgan fingerprint density at radius 1 is 1.43 bits per heavy atom. The third-order valence-corrected chi connectivity index (χ3v) is 1.72. The molecule has 70 valence electrons. The zero-order chi connectivity index (χ0) is 10.1. The number of benzene rings is 1. The third-order valence-electron chi connectivity index (χ3n) is 1.72. The van der Waals surface area contributed by atoms with Gasteiger partial charge in [-0.05, 0) is 18.2 Å². The average Bonchev–Trinajstić information content (AvgIpc) is 2.59. The second kappa shape index (κ2) is 3.07. The summed E-state index contributed by atoms with van der Waals surface area (Å²) in [4.78, 5) is 3.55. The van der Waals surface area contributed by atoms with Crippen LogP contribution >= 0.6 is 0 Å². The van der Waals surface area contributed by atoms with E-state index in [0.717, 1.165) is 0 Å². The summed E-state index contributed by atoms with van der Waals surface area (Å²) in [7, 11) is 0. The van der Waals surface area contributed by atoms with E-state index in [4.69, 9.17) is 9.68 Å². The van der Waals surface area contributed by atoms with Gasteiger partial charge in [0.05, 0.1) is 11.6 Å². The lowest BCUT2D eigenvalue weighted by Crippen LogP contribution is -1.81. The van der Waals surface area contributed by atoms with Crippen LogP contribution in [0.5, 0.6) is 0 Å². The first-order valence-electron chi connectivity index (χ1n) is 3.79. The Balaban J connectivity index is 2.61. The SMILES string of the molecule is N#Cc1ccc2oc(C(F)F)nc2c1. The Labute approximate surface area is 77.6 Å². The van der Waals surface area contributed by atoms with Crippen LogP contribution in [-0.2, 0) is 0 Å². The van der Waals surface area contributed by atoms with Crippen LogP contribution in [0, 0.1) is 11.3 Å². The standard InChI is InChI=1S/C9H4F2N2O/c10-8(11)9-13-6-3-5(4-12)1-2-7(6)14-9/h1-3,8H. The van der Waals surface area contributed by atoms with E-state index in [1.807, 2.05) is 6.07 Å². The number of nitrogens with zero attached hydrogens (tertiary/aromatic N) is 2. The largest absolute Gasteiger partial charge is 0.435 e. The molecule has 3 nitrogen and oxygen atoms in total. The summed E-state index contributed by atoms with van der Waals surface area (Å²) in [5.74, 6) is -0.616. The summed E-state index contributed by atoms with van der Waals surface area (Å²) >= 11 is 0. The monoisotopic (exact) mass is 194 g/mol. The number of hydrogen-bond acceptors (Lipinski definition) is 3. The van der Waals surface area contributed by atoms with Crippen molar-refractivity contribution in [2.24, 2.45) is 0 Å². The molecule has 0 aliphatic heterocycles. The van der Waals surface area contributed by atoms with E-state index in [1.54, 1.807) is 0 Å². The minimum absolute atomic E-state index is 0.263. The van der Waals surface area contributed by atoms with E-state index in [1.165, 1.54) is 18.2 Å². The fraction of sp³-hybridized carbons (Fsp3) is 0.111. The summed E-state index contributed by atoms with van der Waals surface area (Å²) in [6.07, 6.45) is -2.73. The second-order valence-electron chi connectivity index (χ2n) is 2.65. The molecule has 0 N–H and O–H groups in total. The van der Waals surface area contributed by atoms with E-state index in [-0.39, 0.29) is 11.1 Å². The van der Waals surface area contributed by atoms with Crippen molar-refractivity contribution < 1.29 is 13.2 Å². The molecule has 0 bridgehead atoms. The normalized spacial score (nSPS) is 10.7. The Kier molecular flexibility index (Phi) is 1.89. The molecule has 2 aromatic rings. The van der Waals surface area contributed by atoms with Gasteiger partial charge in [-0.25, -0.2) is 4.98 Å². The highest BCUT2D eigenvalue weighted by atomic mass is 19.3. The highest BCUT2D eigenvalue weighted by Gasteiger charge is 2.15. The van der Waals surface area contributed by atoms with Crippen molar-refractivity contribution in [2.75, 3.05) is 0 Å². The molecule has 0 aliphatic carbocycles. The van der Waals surface area contributed by atoms with Crippen molar-refractivity contribution in [3.63, 3.8) is 0 Å². The van der Waals surface area contributed by atoms with E-state index in [9.17, 15) is 8.78 Å². The number of rotatable bonds is 1. The van der Waals surface area contributed by atoms with E-state index in [0.29, 0.717) is 5.56 Å². The van der Waals surface area contributed by atoms with Gasteiger partial charge in [0.15, 0.2) is 5.58 Å². The van der Waals surface area contributed by atoms with Crippen LogP contribution < -0.4 is 0 Å². The van der Waals surface area contributed by atoms with Gasteiger partial charge in [-0.1, -0.05) is 0 Å². The lowest BCUT2D eigenvalue weighted by Gasteiger charge is -1.86. The Bertz CT molecular complexity index is 513. The van der Waals surface area contributed by atoms with Crippen LogP contribution in [0.25, 0.3) is 11.1 Å². The van der Waals surface area contributed by atoms with Gasteiger partial charge in [0, 0.05) is 0 Å². The maximum atomic E-state index is 12.2. The van der Waals surface area contributed by atoms with Crippen LogP contribution in [0.2, 0.25) is 0 Å². The lowest BCUT2D eigenvalue weighted by atomic mass is 10.2. The van der Waals surface area contributed by atoms with Crippen LogP contribution in [0.1, 0.15) is 17.9 Å². The first-order valence-corrected chi connectivity index (χ1v) is 3.79. The molecule has 0 saturated heterocycles. The quantitative estimate of drug-likeness (QED) is 0.701. The number of alkyl halides is 2. The second-order valence-corrected chi connectivity index (χ2v) is 2.65. The van der Waals surface area contributed by atoms with Crippen LogP contribution in [0.15, 0.2) is 22.6 Å². The van der Waals surface area contributed by atoms with Crippen LogP contribution in [0.4, 0.5) is 8.78 Å². The Morgan fingerprint density at radius 3 is 2.86 bits per heavy atom. The fourth-order valence-corrected chi connectivity index (χ4v) is 1.11. The van der Waals surface area contributed by atoms with Crippen molar-refractivity contribution in [2.45, 2.75) is 6.43 Å². The average molecular weight is 194 g/mol. The molecule has 0 amide bonds. The molecule has 0 saturated carbocycles. The van der Waals surface area contributed by atoms with E-state index >= 15 is 0 Å². The Hall–Kier alpha value is -1.96. The summed E-state index contributed by atoms with van der Waals surface area (Å²) in [6.45, 7) is 0. The van der Waals surface area contributed by atoms with Crippen molar-refractivity contribution >= 4 is 11.1 Å². The maximum absolute atomic E-state index is 12.2. The molecule has 14 heavy (non-hydrogen) atoms. The molecule has 5 heteroatoms. The van der Waals surface area contributed by atoms with Gasteiger partial charge < -0.3 is 4.42 Å². The first kappa shape index (κ1) is 8.63. The van der Waals surface area contributed by atoms with Gasteiger partial charge in [0.2, 0.25) is 0 Å². The third kappa shape index (κ3) is 1.31. The molecule has 1 aromatic carbocycles. The van der Waals surface area contributed by atoms with Gasteiger partial charge in [0.25, 0.3) is 5.89 Å². The molecule has 0 radical (unpaired) electrons. The summed E-state index contributed by atoms with van der Waals surface area (Å²) in [5, 5.41) is 8.56. The zero-order valence-electron chi connectivity index (χ0n) is 6.87. The highest BCUT2D eigenvalue weighted by Crippen LogP contribution is 2.23. The number of hydrogen-bond donors (Lipinski definition) is 0. The van der Waals surface area contributed by atoms with Crippen molar-refractivity contribution in [3.05, 3.63) is 29.7 Å². The summed E-state index contributed by atoms with van der Waals surface area (Å²) in [6, 6.07) is 6.24. The highest BCUT2D eigenvalue weighted by molar-refractivity contribution is 5.74. The van der Waals surface area contributed by atoms with Crippen molar-refractivity contribution in [3.8, 4) is 6.07 Å². The maximum Gasteiger partial charge on any atom is 0.313 e. The minimum atomic E-state index is -2.73. The number of nitriles is 1. The summed E-state index contributed by atoms with van der Waals surface area (Å²) < 4.78 is 29.1. The fourth-order valence-electron chi connectivity index (χ4n) is 1.11. The number of oxazole rings is 1. The molecular weight excluding hydrogens is 190 g/mol. The van der Waals surface area contributed by atoms with Gasteiger partial charge >= 0.3 is 6.43 Å². The molecule has 0 fully saturated rings. The molecule has 1 heterocycles. The predicted octanol–water partition coefficient (Wildman–Crippen LogP) is 2.64.